The molecule has 0 saturated heterocycles. The summed E-state index contributed by atoms with van der Waals surface area (Å²) >= 11 is 2.85. The Morgan fingerprint density at radius 2 is 2.20 bits per heavy atom. The summed E-state index contributed by atoms with van der Waals surface area (Å²) in [6.07, 6.45) is -4.32. The maximum absolute atomic E-state index is 11.8. The van der Waals surface area contributed by atoms with E-state index >= 15 is 0 Å². The largest absolute Gasteiger partial charge is 0.476 e. The Hall–Kier alpha value is -1.05. The van der Waals surface area contributed by atoms with Crippen molar-refractivity contribution < 1.29 is 17.9 Å². The van der Waals surface area contributed by atoms with Crippen LogP contribution in [0.4, 0.5) is 13.2 Å². The van der Waals surface area contributed by atoms with Crippen molar-refractivity contribution in [3.63, 3.8) is 0 Å². The number of aromatic amines is 1. The van der Waals surface area contributed by atoms with E-state index in [-0.39, 0.29) is 10.4 Å². The highest BCUT2D eigenvalue weighted by atomic mass is 79.9. The van der Waals surface area contributed by atoms with E-state index in [1.54, 1.807) is 0 Å². The predicted molar refractivity (Wildman–Crippen MR) is 48.7 cm³/mol. The summed E-state index contributed by atoms with van der Waals surface area (Å²) in [7, 11) is 0. The molecule has 0 fully saturated rings. The average Bonchev–Trinajstić information content (AvgIpc) is 2.10. The normalized spacial score (nSPS) is 11.5. The van der Waals surface area contributed by atoms with E-state index in [0.29, 0.717) is 0 Å². The third kappa shape index (κ3) is 3.90. The standard InChI is InChI=1S/C7H6BrF3N2O2/c8-4-5(14)12-3-13-6(4)15-2-1-7(9,10)11/h3H,1-2H2,(H,12,13,14). The van der Waals surface area contributed by atoms with Gasteiger partial charge in [0.1, 0.15) is 4.47 Å². The monoisotopic (exact) mass is 286 g/mol. The number of rotatable bonds is 3. The smallest absolute Gasteiger partial charge is 0.392 e. The van der Waals surface area contributed by atoms with Crippen LogP contribution in [-0.2, 0) is 0 Å². The molecule has 4 nitrogen and oxygen atoms in total. The van der Waals surface area contributed by atoms with Gasteiger partial charge in [-0.2, -0.15) is 13.2 Å². The highest BCUT2D eigenvalue weighted by molar-refractivity contribution is 9.10. The Labute approximate surface area is 90.6 Å². The number of aromatic nitrogens is 2. The fourth-order valence-electron chi connectivity index (χ4n) is 0.731. The van der Waals surface area contributed by atoms with Gasteiger partial charge in [0.05, 0.1) is 19.4 Å². The van der Waals surface area contributed by atoms with Crippen molar-refractivity contribution in [2.45, 2.75) is 12.6 Å². The van der Waals surface area contributed by atoms with Gasteiger partial charge in [0.15, 0.2) is 0 Å². The molecule has 0 saturated carbocycles. The Kier molecular flexibility index (Phi) is 3.72. The number of hydrogen-bond acceptors (Lipinski definition) is 3. The molecular formula is C7H6BrF3N2O2. The van der Waals surface area contributed by atoms with Crippen molar-refractivity contribution in [1.82, 2.24) is 9.97 Å². The molecule has 0 radical (unpaired) electrons. The second-order valence-corrected chi connectivity index (χ2v) is 3.36. The molecule has 0 spiro atoms. The number of hydrogen-bond donors (Lipinski definition) is 1. The summed E-state index contributed by atoms with van der Waals surface area (Å²) in [6, 6.07) is 0. The average molecular weight is 287 g/mol. The van der Waals surface area contributed by atoms with Gasteiger partial charge in [-0.3, -0.25) is 4.79 Å². The third-order valence-electron chi connectivity index (χ3n) is 1.39. The van der Waals surface area contributed by atoms with Crippen LogP contribution >= 0.6 is 15.9 Å². The highest BCUT2D eigenvalue weighted by Gasteiger charge is 2.27. The van der Waals surface area contributed by atoms with Crippen LogP contribution in [0, 0.1) is 0 Å². The highest BCUT2D eigenvalue weighted by Crippen LogP contribution is 2.21. The van der Waals surface area contributed by atoms with Gasteiger partial charge in [-0.05, 0) is 15.9 Å². The van der Waals surface area contributed by atoms with Gasteiger partial charge >= 0.3 is 6.18 Å². The lowest BCUT2D eigenvalue weighted by Gasteiger charge is -2.08. The summed E-state index contributed by atoms with van der Waals surface area (Å²) < 4.78 is 39.9. The zero-order valence-corrected chi connectivity index (χ0v) is 8.85. The molecule has 0 atom stereocenters. The first kappa shape index (κ1) is 12.0. The van der Waals surface area contributed by atoms with Crippen molar-refractivity contribution in [3.05, 3.63) is 21.2 Å². The number of nitrogens with zero attached hydrogens (tertiary/aromatic N) is 1. The maximum Gasteiger partial charge on any atom is 0.392 e. The van der Waals surface area contributed by atoms with Crippen LogP contribution in [0.2, 0.25) is 0 Å². The minimum atomic E-state index is -4.28. The molecule has 1 rings (SSSR count). The van der Waals surface area contributed by atoms with Gasteiger partial charge in [0, 0.05) is 0 Å². The molecule has 1 N–H and O–H groups in total. The summed E-state index contributed by atoms with van der Waals surface area (Å²) in [5.74, 6) is -0.150. The van der Waals surface area contributed by atoms with Crippen molar-refractivity contribution in [2.75, 3.05) is 6.61 Å². The number of alkyl halides is 3. The molecule has 0 aliphatic carbocycles. The summed E-state index contributed by atoms with van der Waals surface area (Å²) in [4.78, 5) is 16.8. The van der Waals surface area contributed by atoms with Crippen LogP contribution in [0.15, 0.2) is 15.6 Å². The van der Waals surface area contributed by atoms with Crippen LogP contribution in [0.25, 0.3) is 0 Å². The molecule has 0 aromatic carbocycles. The fraction of sp³-hybridized carbons (Fsp3) is 0.429. The first-order valence-corrected chi connectivity index (χ1v) is 4.62. The molecule has 0 aliphatic heterocycles. The van der Waals surface area contributed by atoms with Gasteiger partial charge < -0.3 is 9.72 Å². The van der Waals surface area contributed by atoms with Crippen molar-refractivity contribution in [3.8, 4) is 5.88 Å². The van der Waals surface area contributed by atoms with Crippen LogP contribution in [0.1, 0.15) is 6.42 Å². The number of H-pyrrole nitrogens is 1. The summed E-state index contributed by atoms with van der Waals surface area (Å²) in [5.41, 5.74) is -0.507. The SMILES string of the molecule is O=c1[nH]cnc(OCCC(F)(F)F)c1Br. The van der Waals surface area contributed by atoms with E-state index in [1.165, 1.54) is 0 Å². The van der Waals surface area contributed by atoms with E-state index in [0.717, 1.165) is 6.33 Å². The lowest BCUT2D eigenvalue weighted by atomic mass is 10.4. The summed E-state index contributed by atoms with van der Waals surface area (Å²) in [5, 5.41) is 0. The Balaban J connectivity index is 2.59. The fourth-order valence-corrected chi connectivity index (χ4v) is 1.06. The van der Waals surface area contributed by atoms with Gasteiger partial charge in [-0.25, -0.2) is 4.98 Å². The second-order valence-electron chi connectivity index (χ2n) is 2.56. The van der Waals surface area contributed by atoms with Gasteiger partial charge in [0.2, 0.25) is 5.88 Å². The molecule has 15 heavy (non-hydrogen) atoms. The van der Waals surface area contributed by atoms with E-state index in [4.69, 9.17) is 4.74 Å². The number of ether oxygens (including phenoxy) is 1. The lowest BCUT2D eigenvalue weighted by Crippen LogP contribution is -2.15. The Morgan fingerprint density at radius 1 is 1.53 bits per heavy atom. The topological polar surface area (TPSA) is 55.0 Å². The minimum absolute atomic E-state index is 0.0211. The minimum Gasteiger partial charge on any atom is -0.476 e. The molecule has 0 amide bonds. The lowest BCUT2D eigenvalue weighted by molar-refractivity contribution is -0.139. The Bertz CT molecular complexity index is 391. The molecular weight excluding hydrogens is 281 g/mol. The molecule has 0 unspecified atom stereocenters. The van der Waals surface area contributed by atoms with Crippen molar-refractivity contribution in [1.29, 1.82) is 0 Å². The number of nitrogens with one attached hydrogen (secondary N) is 1. The van der Waals surface area contributed by atoms with Crippen molar-refractivity contribution >= 4 is 15.9 Å². The molecule has 84 valence electrons. The quantitative estimate of drug-likeness (QED) is 0.923. The molecule has 8 heteroatoms. The van der Waals surface area contributed by atoms with E-state index in [1.807, 2.05) is 0 Å². The van der Waals surface area contributed by atoms with E-state index in [2.05, 4.69) is 25.9 Å². The number of halogens is 4. The van der Waals surface area contributed by atoms with Crippen LogP contribution < -0.4 is 10.3 Å². The molecule has 1 aromatic heterocycles. The predicted octanol–water partition coefficient (Wildman–Crippen LogP) is 1.86. The molecule has 0 bridgehead atoms. The zero-order chi connectivity index (χ0) is 11.5. The van der Waals surface area contributed by atoms with Gasteiger partial charge in [-0.15, -0.1) is 0 Å². The molecule has 0 aliphatic rings. The molecule has 1 heterocycles. The third-order valence-corrected chi connectivity index (χ3v) is 2.09. The van der Waals surface area contributed by atoms with Gasteiger partial charge in [0.25, 0.3) is 5.56 Å². The Morgan fingerprint density at radius 3 is 2.80 bits per heavy atom. The van der Waals surface area contributed by atoms with Gasteiger partial charge in [-0.1, -0.05) is 0 Å². The maximum atomic E-state index is 11.8. The van der Waals surface area contributed by atoms with Crippen molar-refractivity contribution in [2.24, 2.45) is 0 Å². The first-order chi connectivity index (χ1) is 6.90. The second kappa shape index (κ2) is 4.65. The van der Waals surface area contributed by atoms with Crippen LogP contribution in [0.5, 0.6) is 5.88 Å². The van der Waals surface area contributed by atoms with Crippen LogP contribution in [-0.4, -0.2) is 22.8 Å². The first-order valence-electron chi connectivity index (χ1n) is 3.83. The zero-order valence-electron chi connectivity index (χ0n) is 7.27. The van der Waals surface area contributed by atoms with E-state index in [9.17, 15) is 18.0 Å². The van der Waals surface area contributed by atoms with E-state index < -0.39 is 24.8 Å². The molecule has 1 aromatic rings. The van der Waals surface area contributed by atoms with Crippen LogP contribution in [0.3, 0.4) is 0 Å². The summed E-state index contributed by atoms with van der Waals surface area (Å²) in [6.45, 7) is -0.571.